The number of benzene rings is 2. The van der Waals surface area contributed by atoms with Crippen molar-refractivity contribution < 1.29 is 13.5 Å². The van der Waals surface area contributed by atoms with E-state index in [4.69, 9.17) is 10.00 Å². The average Bonchev–Trinajstić information content (AvgIpc) is 2.40. The summed E-state index contributed by atoms with van der Waals surface area (Å²) in [6.07, 6.45) is 0. The largest absolute Gasteiger partial charge is 0.488 e. The molecule has 2 aromatic rings. The van der Waals surface area contributed by atoms with Crippen molar-refractivity contribution >= 4 is 0 Å². The van der Waals surface area contributed by atoms with E-state index in [1.165, 1.54) is 6.07 Å². The van der Waals surface area contributed by atoms with Gasteiger partial charge in [0.2, 0.25) is 0 Å². The molecule has 0 atom stereocenters. The molecule has 18 heavy (non-hydrogen) atoms. The minimum absolute atomic E-state index is 0.0793. The number of nitriles is 1. The third-order valence-corrected chi connectivity index (χ3v) is 2.39. The Balaban J connectivity index is 2.12. The lowest BCUT2D eigenvalue weighted by molar-refractivity contribution is 0.304. The Morgan fingerprint density at radius 2 is 1.83 bits per heavy atom. The number of hydrogen-bond donors (Lipinski definition) is 0. The molecule has 0 saturated heterocycles. The average molecular weight is 245 g/mol. The molecule has 0 N–H and O–H groups in total. The van der Waals surface area contributed by atoms with Crippen molar-refractivity contribution in [2.75, 3.05) is 0 Å². The number of ether oxygens (including phenoxy) is 1. The Labute approximate surface area is 103 Å². The van der Waals surface area contributed by atoms with E-state index in [-0.39, 0.29) is 6.61 Å². The summed E-state index contributed by atoms with van der Waals surface area (Å²) < 4.78 is 31.1. The van der Waals surface area contributed by atoms with Gasteiger partial charge >= 0.3 is 0 Å². The minimum atomic E-state index is -0.912. The van der Waals surface area contributed by atoms with E-state index in [0.29, 0.717) is 16.9 Å². The van der Waals surface area contributed by atoms with Crippen LogP contribution in [0.15, 0.2) is 42.5 Å². The summed E-state index contributed by atoms with van der Waals surface area (Å²) in [5, 5.41) is 8.86. The fourth-order valence-electron chi connectivity index (χ4n) is 1.48. The lowest BCUT2D eigenvalue weighted by Gasteiger charge is -2.07. The number of nitrogens with zero attached hydrogens (tertiary/aromatic N) is 1. The van der Waals surface area contributed by atoms with Gasteiger partial charge in [-0.2, -0.15) is 5.26 Å². The van der Waals surface area contributed by atoms with Crippen molar-refractivity contribution in [1.29, 1.82) is 5.26 Å². The van der Waals surface area contributed by atoms with E-state index >= 15 is 0 Å². The van der Waals surface area contributed by atoms with Crippen LogP contribution in [-0.2, 0) is 6.61 Å². The smallest absolute Gasteiger partial charge is 0.159 e. The zero-order valence-corrected chi connectivity index (χ0v) is 9.36. The van der Waals surface area contributed by atoms with Gasteiger partial charge in [-0.3, -0.25) is 0 Å². The number of hydrogen-bond acceptors (Lipinski definition) is 2. The first-order valence-corrected chi connectivity index (χ1v) is 5.26. The minimum Gasteiger partial charge on any atom is -0.488 e. The van der Waals surface area contributed by atoms with Gasteiger partial charge < -0.3 is 4.74 Å². The molecule has 90 valence electrons. The standard InChI is InChI=1S/C14H9F2NO/c15-12-6-5-10(7-13(12)16)9-18-14-4-2-1-3-11(14)8-17/h1-7H,9H2. The molecule has 0 aliphatic heterocycles. The van der Waals surface area contributed by atoms with Gasteiger partial charge in [-0.25, -0.2) is 8.78 Å². The van der Waals surface area contributed by atoms with Crippen LogP contribution in [0.2, 0.25) is 0 Å². The highest BCUT2D eigenvalue weighted by atomic mass is 19.2. The van der Waals surface area contributed by atoms with Crippen LogP contribution in [0.5, 0.6) is 5.75 Å². The van der Waals surface area contributed by atoms with E-state index in [9.17, 15) is 8.78 Å². The van der Waals surface area contributed by atoms with Crippen molar-refractivity contribution in [2.45, 2.75) is 6.61 Å². The van der Waals surface area contributed by atoms with Crippen molar-refractivity contribution in [3.63, 3.8) is 0 Å². The second-order valence-electron chi connectivity index (χ2n) is 3.65. The molecule has 0 saturated carbocycles. The number of para-hydroxylation sites is 1. The van der Waals surface area contributed by atoms with Crippen molar-refractivity contribution in [2.24, 2.45) is 0 Å². The summed E-state index contributed by atoms with van der Waals surface area (Å²) in [5.74, 6) is -1.38. The third kappa shape index (κ3) is 2.64. The van der Waals surface area contributed by atoms with Gasteiger partial charge in [-0.15, -0.1) is 0 Å². The van der Waals surface area contributed by atoms with E-state index in [1.54, 1.807) is 24.3 Å². The highest BCUT2D eigenvalue weighted by molar-refractivity contribution is 5.42. The normalized spacial score (nSPS) is 9.83. The fourth-order valence-corrected chi connectivity index (χ4v) is 1.48. The summed E-state index contributed by atoms with van der Waals surface area (Å²) in [6.45, 7) is 0.0793. The van der Waals surface area contributed by atoms with Crippen molar-refractivity contribution in [3.8, 4) is 11.8 Å². The zero-order chi connectivity index (χ0) is 13.0. The Morgan fingerprint density at radius 3 is 2.56 bits per heavy atom. The molecule has 0 heterocycles. The predicted octanol–water partition coefficient (Wildman–Crippen LogP) is 3.42. The third-order valence-electron chi connectivity index (χ3n) is 2.39. The number of rotatable bonds is 3. The predicted molar refractivity (Wildman–Crippen MR) is 61.8 cm³/mol. The van der Waals surface area contributed by atoms with E-state index in [2.05, 4.69) is 0 Å². The van der Waals surface area contributed by atoms with Crippen LogP contribution in [0, 0.1) is 23.0 Å². The van der Waals surface area contributed by atoms with Gasteiger partial charge in [0, 0.05) is 0 Å². The molecule has 0 fully saturated rings. The lowest BCUT2D eigenvalue weighted by Crippen LogP contribution is -1.98. The van der Waals surface area contributed by atoms with Gasteiger partial charge in [-0.1, -0.05) is 18.2 Å². The van der Waals surface area contributed by atoms with Crippen LogP contribution in [0.1, 0.15) is 11.1 Å². The van der Waals surface area contributed by atoms with Gasteiger partial charge in [0.15, 0.2) is 11.6 Å². The molecule has 4 heteroatoms. The first-order valence-electron chi connectivity index (χ1n) is 5.26. The van der Waals surface area contributed by atoms with Gasteiger partial charge in [-0.05, 0) is 29.8 Å². The molecule has 0 spiro atoms. The summed E-state index contributed by atoms with van der Waals surface area (Å²) in [5.41, 5.74) is 0.904. The van der Waals surface area contributed by atoms with Crippen LogP contribution < -0.4 is 4.74 Å². The molecular formula is C14H9F2NO. The highest BCUT2D eigenvalue weighted by Crippen LogP contribution is 2.18. The quantitative estimate of drug-likeness (QED) is 0.830. The van der Waals surface area contributed by atoms with Gasteiger partial charge in [0.1, 0.15) is 18.4 Å². The Morgan fingerprint density at radius 1 is 1.06 bits per heavy atom. The van der Waals surface area contributed by atoms with E-state index in [1.807, 2.05) is 6.07 Å². The first-order chi connectivity index (χ1) is 8.70. The van der Waals surface area contributed by atoms with Crippen LogP contribution in [0.25, 0.3) is 0 Å². The van der Waals surface area contributed by atoms with Crippen LogP contribution in [0.4, 0.5) is 8.78 Å². The molecule has 0 unspecified atom stereocenters. The monoisotopic (exact) mass is 245 g/mol. The Hall–Kier alpha value is -2.41. The molecule has 2 nitrogen and oxygen atoms in total. The fraction of sp³-hybridized carbons (Fsp3) is 0.0714. The lowest BCUT2D eigenvalue weighted by atomic mass is 10.2. The van der Waals surface area contributed by atoms with Gasteiger partial charge in [0.05, 0.1) is 5.56 Å². The van der Waals surface area contributed by atoms with Crippen molar-refractivity contribution in [3.05, 3.63) is 65.2 Å². The first kappa shape index (κ1) is 12.1. The molecule has 0 amide bonds. The number of halogens is 2. The Kier molecular flexibility index (Phi) is 3.54. The second kappa shape index (κ2) is 5.28. The SMILES string of the molecule is N#Cc1ccccc1OCc1ccc(F)c(F)c1. The van der Waals surface area contributed by atoms with Crippen LogP contribution in [-0.4, -0.2) is 0 Å². The van der Waals surface area contributed by atoms with E-state index < -0.39 is 11.6 Å². The molecule has 0 radical (unpaired) electrons. The maximum atomic E-state index is 13.0. The molecule has 0 bridgehead atoms. The second-order valence-corrected chi connectivity index (χ2v) is 3.65. The Bertz CT molecular complexity index is 605. The summed E-state index contributed by atoms with van der Waals surface area (Å²) >= 11 is 0. The van der Waals surface area contributed by atoms with Crippen LogP contribution >= 0.6 is 0 Å². The summed E-state index contributed by atoms with van der Waals surface area (Å²) in [4.78, 5) is 0. The van der Waals surface area contributed by atoms with Crippen molar-refractivity contribution in [1.82, 2.24) is 0 Å². The maximum absolute atomic E-state index is 13.0. The highest BCUT2D eigenvalue weighted by Gasteiger charge is 2.05. The topological polar surface area (TPSA) is 33.0 Å². The molecule has 2 rings (SSSR count). The summed E-state index contributed by atoms with van der Waals surface area (Å²) in [7, 11) is 0. The van der Waals surface area contributed by atoms with Crippen LogP contribution in [0.3, 0.4) is 0 Å². The maximum Gasteiger partial charge on any atom is 0.159 e. The summed E-state index contributed by atoms with van der Waals surface area (Å²) in [6, 6.07) is 12.3. The molecule has 0 aromatic heterocycles. The molecule has 0 aliphatic carbocycles. The van der Waals surface area contributed by atoms with E-state index in [0.717, 1.165) is 12.1 Å². The zero-order valence-electron chi connectivity index (χ0n) is 9.36. The molecular weight excluding hydrogens is 236 g/mol. The molecule has 2 aromatic carbocycles. The van der Waals surface area contributed by atoms with Gasteiger partial charge in [0.25, 0.3) is 0 Å². The molecule has 0 aliphatic rings.